The summed E-state index contributed by atoms with van der Waals surface area (Å²) >= 11 is 0. The van der Waals surface area contributed by atoms with Crippen LogP contribution in [0.25, 0.3) is 0 Å². The van der Waals surface area contributed by atoms with E-state index in [1.807, 2.05) is 26.0 Å². The third-order valence-corrected chi connectivity index (χ3v) is 1.45. The first-order chi connectivity index (χ1) is 7.34. The highest BCUT2D eigenvalue weighted by Crippen LogP contribution is 2.02. The van der Waals surface area contributed by atoms with Gasteiger partial charge in [-0.15, -0.1) is 0 Å². The SMILES string of the molecule is CN(C)C.NC(=O)c1ccc(C(N)=O)cc1. The van der Waals surface area contributed by atoms with Crippen molar-refractivity contribution in [1.29, 1.82) is 0 Å². The van der Waals surface area contributed by atoms with Gasteiger partial charge in [-0.2, -0.15) is 0 Å². The zero-order valence-electron chi connectivity index (χ0n) is 9.73. The maximum atomic E-state index is 10.6. The molecule has 0 atom stereocenters. The first-order valence-corrected chi connectivity index (χ1v) is 4.65. The Hall–Kier alpha value is -1.88. The average molecular weight is 223 g/mol. The van der Waals surface area contributed by atoms with Crippen molar-refractivity contribution < 1.29 is 9.59 Å². The molecule has 0 bridgehead atoms. The summed E-state index contributed by atoms with van der Waals surface area (Å²) in [4.78, 5) is 23.2. The van der Waals surface area contributed by atoms with E-state index < -0.39 is 11.8 Å². The Bertz CT molecular complexity index is 322. The molecule has 16 heavy (non-hydrogen) atoms. The Morgan fingerprint density at radius 3 is 1.19 bits per heavy atom. The van der Waals surface area contributed by atoms with Crippen LogP contribution in [0.2, 0.25) is 0 Å². The molecule has 0 aliphatic rings. The zero-order chi connectivity index (χ0) is 12.7. The molecule has 0 aromatic heterocycles. The number of nitrogens with two attached hydrogens (primary N) is 2. The normalized spacial score (nSPS) is 9.25. The van der Waals surface area contributed by atoms with Crippen LogP contribution in [0, 0.1) is 0 Å². The molecule has 88 valence electrons. The molecular formula is C11H17N3O2. The van der Waals surface area contributed by atoms with Crippen LogP contribution in [0.5, 0.6) is 0 Å². The largest absolute Gasteiger partial charge is 0.366 e. The molecule has 0 unspecified atom stereocenters. The molecule has 0 saturated carbocycles. The molecule has 0 heterocycles. The maximum absolute atomic E-state index is 10.6. The molecule has 5 nitrogen and oxygen atoms in total. The fourth-order valence-electron chi connectivity index (χ4n) is 0.799. The van der Waals surface area contributed by atoms with E-state index in [1.54, 1.807) is 0 Å². The fraction of sp³-hybridized carbons (Fsp3) is 0.273. The van der Waals surface area contributed by atoms with Crippen molar-refractivity contribution in [3.05, 3.63) is 35.4 Å². The highest BCUT2D eigenvalue weighted by atomic mass is 16.1. The summed E-state index contributed by atoms with van der Waals surface area (Å²) < 4.78 is 0. The van der Waals surface area contributed by atoms with E-state index in [4.69, 9.17) is 11.5 Å². The molecule has 0 fully saturated rings. The van der Waals surface area contributed by atoms with Crippen molar-refractivity contribution in [1.82, 2.24) is 4.90 Å². The molecule has 5 heteroatoms. The van der Waals surface area contributed by atoms with E-state index in [0.717, 1.165) is 0 Å². The third kappa shape index (κ3) is 5.77. The van der Waals surface area contributed by atoms with Gasteiger partial charge in [-0.3, -0.25) is 9.59 Å². The van der Waals surface area contributed by atoms with E-state index >= 15 is 0 Å². The number of carbonyl (C=O) groups is 2. The smallest absolute Gasteiger partial charge is 0.248 e. The second kappa shape index (κ2) is 6.58. The van der Waals surface area contributed by atoms with Gasteiger partial charge in [0.15, 0.2) is 0 Å². The number of primary amides is 2. The third-order valence-electron chi connectivity index (χ3n) is 1.45. The van der Waals surface area contributed by atoms with Crippen molar-refractivity contribution >= 4 is 11.8 Å². The molecular weight excluding hydrogens is 206 g/mol. The van der Waals surface area contributed by atoms with Gasteiger partial charge in [0.25, 0.3) is 0 Å². The van der Waals surface area contributed by atoms with Crippen molar-refractivity contribution in [2.75, 3.05) is 21.1 Å². The van der Waals surface area contributed by atoms with Crippen molar-refractivity contribution in [3.63, 3.8) is 0 Å². The second-order valence-corrected chi connectivity index (χ2v) is 3.65. The van der Waals surface area contributed by atoms with Crippen LogP contribution < -0.4 is 11.5 Å². The summed E-state index contributed by atoms with van der Waals surface area (Å²) in [5.74, 6) is -1.04. The molecule has 0 aliphatic heterocycles. The van der Waals surface area contributed by atoms with Crippen molar-refractivity contribution in [2.24, 2.45) is 11.5 Å². The maximum Gasteiger partial charge on any atom is 0.248 e. The number of hydrogen-bond donors (Lipinski definition) is 2. The van der Waals surface area contributed by atoms with Crippen LogP contribution in [0.3, 0.4) is 0 Å². The van der Waals surface area contributed by atoms with Gasteiger partial charge in [-0.25, -0.2) is 0 Å². The Morgan fingerprint density at radius 2 is 1.06 bits per heavy atom. The number of carbonyl (C=O) groups excluding carboxylic acids is 2. The second-order valence-electron chi connectivity index (χ2n) is 3.65. The standard InChI is InChI=1S/C8H8N2O2.C3H9N/c9-7(11)5-1-2-6(4-3-5)8(10)12;1-4(2)3/h1-4H,(H2,9,11)(H2,10,12);1-3H3. The quantitative estimate of drug-likeness (QED) is 0.743. The first kappa shape index (κ1) is 14.1. The first-order valence-electron chi connectivity index (χ1n) is 4.65. The van der Waals surface area contributed by atoms with Crippen LogP contribution in [0.4, 0.5) is 0 Å². The van der Waals surface area contributed by atoms with Crippen LogP contribution in [0.15, 0.2) is 24.3 Å². The Labute approximate surface area is 95.0 Å². The van der Waals surface area contributed by atoms with Gasteiger partial charge in [0.1, 0.15) is 0 Å². The summed E-state index contributed by atoms with van der Waals surface area (Å²) in [6.07, 6.45) is 0. The van der Waals surface area contributed by atoms with Gasteiger partial charge in [0.05, 0.1) is 0 Å². The molecule has 0 aliphatic carbocycles. The van der Waals surface area contributed by atoms with Gasteiger partial charge in [-0.05, 0) is 45.4 Å². The minimum atomic E-state index is -0.522. The van der Waals surface area contributed by atoms with E-state index in [1.165, 1.54) is 24.3 Å². The van der Waals surface area contributed by atoms with Crippen molar-refractivity contribution in [3.8, 4) is 0 Å². The van der Waals surface area contributed by atoms with Crippen LogP contribution in [-0.2, 0) is 0 Å². The summed E-state index contributed by atoms with van der Waals surface area (Å²) in [6, 6.07) is 5.84. The van der Waals surface area contributed by atoms with Crippen LogP contribution in [0.1, 0.15) is 20.7 Å². The van der Waals surface area contributed by atoms with E-state index in [-0.39, 0.29) is 0 Å². The van der Waals surface area contributed by atoms with Gasteiger partial charge in [-0.1, -0.05) is 0 Å². The number of nitrogens with zero attached hydrogens (tertiary/aromatic N) is 1. The van der Waals surface area contributed by atoms with E-state index in [0.29, 0.717) is 11.1 Å². The summed E-state index contributed by atoms with van der Waals surface area (Å²) in [5, 5.41) is 0. The lowest BCUT2D eigenvalue weighted by molar-refractivity contribution is 0.0988. The summed E-state index contributed by atoms with van der Waals surface area (Å²) in [7, 11) is 6.00. The van der Waals surface area contributed by atoms with Gasteiger partial charge in [0, 0.05) is 11.1 Å². The zero-order valence-corrected chi connectivity index (χ0v) is 9.73. The molecule has 4 N–H and O–H groups in total. The predicted octanol–water partition coefficient (Wildman–Crippen LogP) is 0.0622. The highest BCUT2D eigenvalue weighted by molar-refractivity contribution is 5.96. The molecule has 1 rings (SSSR count). The lowest BCUT2D eigenvalue weighted by Crippen LogP contribution is -2.13. The lowest BCUT2D eigenvalue weighted by atomic mass is 10.1. The van der Waals surface area contributed by atoms with Gasteiger partial charge < -0.3 is 16.4 Å². The van der Waals surface area contributed by atoms with Crippen molar-refractivity contribution in [2.45, 2.75) is 0 Å². The highest BCUT2D eigenvalue weighted by Gasteiger charge is 2.02. The molecule has 1 aromatic rings. The number of amides is 2. The topological polar surface area (TPSA) is 89.4 Å². The number of benzene rings is 1. The summed E-state index contributed by atoms with van der Waals surface area (Å²) in [5.41, 5.74) is 10.7. The lowest BCUT2D eigenvalue weighted by Gasteiger charge is -1.96. The van der Waals surface area contributed by atoms with E-state index in [2.05, 4.69) is 0 Å². The monoisotopic (exact) mass is 223 g/mol. The Balaban J connectivity index is 0.000000487. The molecule has 1 aromatic carbocycles. The fourth-order valence-corrected chi connectivity index (χ4v) is 0.799. The minimum Gasteiger partial charge on any atom is -0.366 e. The molecule has 2 amide bonds. The van der Waals surface area contributed by atoms with Crippen LogP contribution in [-0.4, -0.2) is 37.9 Å². The molecule has 0 saturated heterocycles. The van der Waals surface area contributed by atoms with Gasteiger partial charge in [0.2, 0.25) is 11.8 Å². The average Bonchev–Trinajstić information content (AvgIpc) is 2.17. The predicted molar refractivity (Wildman–Crippen MR) is 63.1 cm³/mol. The number of hydrogen-bond acceptors (Lipinski definition) is 3. The van der Waals surface area contributed by atoms with Crippen LogP contribution >= 0.6 is 0 Å². The molecule has 0 spiro atoms. The van der Waals surface area contributed by atoms with E-state index in [9.17, 15) is 9.59 Å². The summed E-state index contributed by atoms with van der Waals surface area (Å²) in [6.45, 7) is 0. The Kier molecular flexibility index (Phi) is 5.80. The Morgan fingerprint density at radius 1 is 0.875 bits per heavy atom. The number of rotatable bonds is 2. The van der Waals surface area contributed by atoms with Gasteiger partial charge >= 0.3 is 0 Å². The minimum absolute atomic E-state index is 0.361. The molecule has 0 radical (unpaired) electrons.